The summed E-state index contributed by atoms with van der Waals surface area (Å²) in [5, 5.41) is 10.7. The van der Waals surface area contributed by atoms with E-state index in [1.165, 1.54) is 0 Å². The van der Waals surface area contributed by atoms with Crippen molar-refractivity contribution >= 4 is 5.69 Å². The maximum atomic E-state index is 11.7. The van der Waals surface area contributed by atoms with Gasteiger partial charge in [-0.25, -0.2) is 9.78 Å². The average molecular weight is 279 g/mol. The highest BCUT2D eigenvalue weighted by molar-refractivity contribution is 5.21. The van der Waals surface area contributed by atoms with Gasteiger partial charge in [-0.3, -0.25) is 24.5 Å². The van der Waals surface area contributed by atoms with Crippen LogP contribution in [-0.4, -0.2) is 24.0 Å². The monoisotopic (exact) mass is 279 g/mol. The van der Waals surface area contributed by atoms with Crippen LogP contribution < -0.4 is 11.2 Å². The number of H-pyrrole nitrogens is 1. The first-order chi connectivity index (χ1) is 9.52. The molecule has 0 aromatic carbocycles. The number of aromatic nitrogens is 4. The maximum Gasteiger partial charge on any atom is 0.350 e. The van der Waals surface area contributed by atoms with Crippen molar-refractivity contribution < 1.29 is 4.92 Å². The molecule has 0 radical (unpaired) electrons. The number of rotatable bonds is 5. The predicted octanol–water partition coefficient (Wildman–Crippen LogP) is 0.0996. The quantitative estimate of drug-likeness (QED) is 0.615. The SMILES string of the molecule is CCCn1cncc1Cn1cc([N+](=O)[O-])c(=O)[nH]c1=O. The number of nitrogens with zero attached hydrogens (tertiary/aromatic N) is 4. The molecule has 20 heavy (non-hydrogen) atoms. The number of nitrogens with one attached hydrogen (secondary N) is 1. The van der Waals surface area contributed by atoms with Crippen molar-refractivity contribution in [2.75, 3.05) is 0 Å². The van der Waals surface area contributed by atoms with E-state index in [0.29, 0.717) is 0 Å². The third-order valence-electron chi connectivity index (χ3n) is 2.78. The van der Waals surface area contributed by atoms with E-state index < -0.39 is 21.9 Å². The number of hydrogen-bond acceptors (Lipinski definition) is 5. The molecule has 0 saturated carbocycles. The molecule has 0 unspecified atom stereocenters. The van der Waals surface area contributed by atoms with Gasteiger partial charge >= 0.3 is 16.9 Å². The third kappa shape index (κ3) is 2.66. The second kappa shape index (κ2) is 5.51. The molecule has 9 nitrogen and oxygen atoms in total. The Labute approximate surface area is 112 Å². The molecule has 0 aliphatic carbocycles. The summed E-state index contributed by atoms with van der Waals surface area (Å²) in [6.07, 6.45) is 5.05. The normalized spacial score (nSPS) is 10.7. The molecule has 2 rings (SSSR count). The first kappa shape index (κ1) is 13.7. The van der Waals surface area contributed by atoms with Crippen LogP contribution >= 0.6 is 0 Å². The molecule has 0 saturated heterocycles. The predicted molar refractivity (Wildman–Crippen MR) is 69.6 cm³/mol. The summed E-state index contributed by atoms with van der Waals surface area (Å²) in [5.74, 6) is 0. The number of nitro groups is 1. The van der Waals surface area contributed by atoms with E-state index >= 15 is 0 Å². The molecule has 0 aliphatic heterocycles. The zero-order chi connectivity index (χ0) is 14.7. The van der Waals surface area contributed by atoms with E-state index in [4.69, 9.17) is 0 Å². The van der Waals surface area contributed by atoms with Gasteiger partial charge in [0, 0.05) is 12.7 Å². The second-order valence-corrected chi connectivity index (χ2v) is 4.24. The summed E-state index contributed by atoms with van der Waals surface area (Å²) in [5.41, 5.74) is -1.62. The van der Waals surface area contributed by atoms with Gasteiger partial charge in [0.25, 0.3) is 0 Å². The Morgan fingerprint density at radius 2 is 2.15 bits per heavy atom. The Hall–Kier alpha value is -2.71. The summed E-state index contributed by atoms with van der Waals surface area (Å²) < 4.78 is 2.94. The van der Waals surface area contributed by atoms with E-state index in [0.717, 1.165) is 29.4 Å². The van der Waals surface area contributed by atoms with Gasteiger partial charge in [-0.15, -0.1) is 0 Å². The van der Waals surface area contributed by atoms with Crippen LogP contribution in [0.1, 0.15) is 19.0 Å². The summed E-state index contributed by atoms with van der Waals surface area (Å²) in [4.78, 5) is 38.7. The summed E-state index contributed by atoms with van der Waals surface area (Å²) in [6.45, 7) is 2.84. The highest BCUT2D eigenvalue weighted by atomic mass is 16.6. The van der Waals surface area contributed by atoms with Gasteiger partial charge in [-0.05, 0) is 6.42 Å². The van der Waals surface area contributed by atoms with Crippen LogP contribution in [0.5, 0.6) is 0 Å². The second-order valence-electron chi connectivity index (χ2n) is 4.24. The number of aryl methyl sites for hydroxylation is 1. The smallest absolute Gasteiger partial charge is 0.333 e. The van der Waals surface area contributed by atoms with Crippen molar-refractivity contribution in [1.82, 2.24) is 19.1 Å². The molecule has 0 spiro atoms. The fourth-order valence-electron chi connectivity index (χ4n) is 1.84. The number of imidazole rings is 1. The van der Waals surface area contributed by atoms with Gasteiger partial charge < -0.3 is 4.57 Å². The third-order valence-corrected chi connectivity index (χ3v) is 2.78. The standard InChI is InChI=1S/C11H13N5O4/c1-2-3-14-7-12-4-8(14)5-15-6-9(16(19)20)10(17)13-11(15)18/h4,6-7H,2-3,5H2,1H3,(H,13,17,18). The molecule has 2 aromatic heterocycles. The van der Waals surface area contributed by atoms with Crippen LogP contribution in [0.3, 0.4) is 0 Å². The fourth-order valence-corrected chi connectivity index (χ4v) is 1.84. The Morgan fingerprint density at radius 3 is 2.80 bits per heavy atom. The van der Waals surface area contributed by atoms with Crippen molar-refractivity contribution in [2.24, 2.45) is 0 Å². The van der Waals surface area contributed by atoms with Crippen molar-refractivity contribution in [3.8, 4) is 0 Å². The zero-order valence-corrected chi connectivity index (χ0v) is 10.8. The van der Waals surface area contributed by atoms with Crippen molar-refractivity contribution in [1.29, 1.82) is 0 Å². The van der Waals surface area contributed by atoms with E-state index in [2.05, 4.69) is 4.98 Å². The van der Waals surface area contributed by atoms with Crippen LogP contribution in [0, 0.1) is 10.1 Å². The Morgan fingerprint density at radius 1 is 1.40 bits per heavy atom. The Bertz CT molecular complexity index is 742. The molecular weight excluding hydrogens is 266 g/mol. The molecule has 106 valence electrons. The van der Waals surface area contributed by atoms with E-state index in [1.54, 1.807) is 12.5 Å². The van der Waals surface area contributed by atoms with E-state index in [9.17, 15) is 19.7 Å². The lowest BCUT2D eigenvalue weighted by atomic mass is 10.4. The molecule has 0 fully saturated rings. The molecule has 2 aromatic rings. The average Bonchev–Trinajstić information content (AvgIpc) is 2.80. The van der Waals surface area contributed by atoms with Crippen molar-refractivity contribution in [3.05, 3.63) is 55.4 Å². The molecule has 2 heterocycles. The minimum absolute atomic E-state index is 0.108. The van der Waals surface area contributed by atoms with E-state index in [1.807, 2.05) is 16.5 Å². The lowest BCUT2D eigenvalue weighted by Gasteiger charge is -2.08. The minimum Gasteiger partial charge on any atom is -0.333 e. The summed E-state index contributed by atoms with van der Waals surface area (Å²) in [6, 6.07) is 0. The van der Waals surface area contributed by atoms with Crippen LogP contribution in [0.2, 0.25) is 0 Å². The van der Waals surface area contributed by atoms with Gasteiger partial charge in [0.15, 0.2) is 0 Å². The first-order valence-electron chi connectivity index (χ1n) is 6.00. The summed E-state index contributed by atoms with van der Waals surface area (Å²) in [7, 11) is 0. The molecule has 9 heteroatoms. The van der Waals surface area contributed by atoms with Crippen molar-refractivity contribution in [2.45, 2.75) is 26.4 Å². The molecule has 0 amide bonds. The largest absolute Gasteiger partial charge is 0.350 e. The van der Waals surface area contributed by atoms with E-state index in [-0.39, 0.29) is 6.54 Å². The fraction of sp³-hybridized carbons (Fsp3) is 0.364. The van der Waals surface area contributed by atoms with Crippen LogP contribution in [0.15, 0.2) is 28.3 Å². The highest BCUT2D eigenvalue weighted by Gasteiger charge is 2.15. The Balaban J connectivity index is 2.41. The molecular formula is C11H13N5O4. The van der Waals surface area contributed by atoms with Gasteiger partial charge in [0.05, 0.1) is 29.7 Å². The van der Waals surface area contributed by atoms with Gasteiger partial charge in [0.2, 0.25) is 0 Å². The Kier molecular flexibility index (Phi) is 3.78. The minimum atomic E-state index is -1.00. The number of hydrogen-bond donors (Lipinski definition) is 1. The maximum absolute atomic E-state index is 11.7. The van der Waals surface area contributed by atoms with Crippen LogP contribution in [0.25, 0.3) is 0 Å². The molecule has 0 bridgehead atoms. The molecule has 1 N–H and O–H groups in total. The lowest BCUT2D eigenvalue weighted by molar-refractivity contribution is -0.386. The highest BCUT2D eigenvalue weighted by Crippen LogP contribution is 2.05. The van der Waals surface area contributed by atoms with Gasteiger partial charge in [-0.1, -0.05) is 6.92 Å². The molecule has 0 atom stereocenters. The van der Waals surface area contributed by atoms with Crippen LogP contribution in [-0.2, 0) is 13.1 Å². The topological polar surface area (TPSA) is 116 Å². The zero-order valence-electron chi connectivity index (χ0n) is 10.8. The number of aromatic amines is 1. The van der Waals surface area contributed by atoms with Gasteiger partial charge in [-0.2, -0.15) is 0 Å². The summed E-state index contributed by atoms with van der Waals surface area (Å²) >= 11 is 0. The van der Waals surface area contributed by atoms with Crippen LogP contribution in [0.4, 0.5) is 5.69 Å². The first-order valence-corrected chi connectivity index (χ1v) is 6.00. The molecule has 0 aliphatic rings. The van der Waals surface area contributed by atoms with Crippen molar-refractivity contribution in [3.63, 3.8) is 0 Å². The lowest BCUT2D eigenvalue weighted by Crippen LogP contribution is -2.31. The van der Waals surface area contributed by atoms with Gasteiger partial charge in [0.1, 0.15) is 0 Å².